The fraction of sp³-hybridized carbons (Fsp3) is 0.522. The Balaban J connectivity index is 1.43. The molecular weight excluding hydrogens is 449 g/mol. The Morgan fingerprint density at radius 3 is 2.31 bits per heavy atom. The van der Waals surface area contributed by atoms with E-state index in [1.165, 1.54) is 47.0 Å². The highest BCUT2D eigenvalue weighted by Gasteiger charge is 2.33. The van der Waals surface area contributed by atoms with E-state index in [1.54, 1.807) is 23.6 Å². The van der Waals surface area contributed by atoms with Gasteiger partial charge in [-0.3, -0.25) is 4.79 Å². The lowest BCUT2D eigenvalue weighted by Crippen LogP contribution is -2.49. The predicted octanol–water partition coefficient (Wildman–Crippen LogP) is 4.24. The Labute approximate surface area is 193 Å². The minimum absolute atomic E-state index is 0.0742. The fourth-order valence-corrected chi connectivity index (χ4v) is 7.26. The van der Waals surface area contributed by atoms with E-state index in [-0.39, 0.29) is 40.6 Å². The minimum atomic E-state index is -3.80. The molecule has 1 aromatic heterocycles. The molecule has 2 aliphatic rings. The Hall–Kier alpha value is -1.97. The van der Waals surface area contributed by atoms with Gasteiger partial charge in [-0.1, -0.05) is 44.2 Å². The third-order valence-electron chi connectivity index (χ3n) is 6.33. The molecule has 1 amide bonds. The molecule has 4 rings (SSSR count). The van der Waals surface area contributed by atoms with E-state index in [4.69, 9.17) is 0 Å². The maximum Gasteiger partial charge on any atom is 0.262 e. The molecule has 0 radical (unpaired) electrons. The Bertz CT molecular complexity index is 1020. The first-order chi connectivity index (χ1) is 15.5. The van der Waals surface area contributed by atoms with Crippen LogP contribution >= 0.6 is 11.3 Å². The van der Waals surface area contributed by atoms with Gasteiger partial charge in [-0.15, -0.1) is 11.3 Å². The van der Waals surface area contributed by atoms with Crippen LogP contribution < -0.4 is 10.2 Å². The number of benzene rings is 1. The minimum Gasteiger partial charge on any atom is -0.367 e. The number of sulfonamides is 1. The van der Waals surface area contributed by atoms with Crippen LogP contribution in [-0.4, -0.2) is 50.9 Å². The number of nitrogens with zero attached hydrogens (tertiary/aromatic N) is 2. The topological polar surface area (TPSA) is 69.7 Å². The molecule has 2 heterocycles. The molecule has 2 aromatic rings. The molecule has 9 heteroatoms. The number of halogens is 1. The van der Waals surface area contributed by atoms with Gasteiger partial charge in [-0.2, -0.15) is 4.31 Å². The zero-order valence-electron chi connectivity index (χ0n) is 18.1. The summed E-state index contributed by atoms with van der Waals surface area (Å²) in [6, 6.07) is 8.15. The van der Waals surface area contributed by atoms with E-state index in [1.807, 2.05) is 4.90 Å². The monoisotopic (exact) mass is 479 g/mol. The molecule has 1 N–H and O–H groups in total. The highest BCUT2D eigenvalue weighted by atomic mass is 32.2. The zero-order chi connectivity index (χ0) is 22.6. The van der Waals surface area contributed by atoms with Crippen LogP contribution in [0.1, 0.15) is 54.6 Å². The SMILES string of the molecule is O=C(NC1CCCCCCC1)c1sccc1S(=O)(=O)N1CCN(c2ccccc2F)CC1. The quantitative estimate of drug-likeness (QED) is 0.696. The summed E-state index contributed by atoms with van der Waals surface area (Å²) in [5.41, 5.74) is 0.486. The van der Waals surface area contributed by atoms with E-state index < -0.39 is 10.0 Å². The van der Waals surface area contributed by atoms with Crippen molar-refractivity contribution < 1.29 is 17.6 Å². The number of hydrogen-bond acceptors (Lipinski definition) is 5. The van der Waals surface area contributed by atoms with Gasteiger partial charge in [0.15, 0.2) is 0 Å². The summed E-state index contributed by atoms with van der Waals surface area (Å²) in [5, 5.41) is 4.74. The standard InChI is InChI=1S/C23H30FN3O3S2/c24-19-10-6-7-11-20(19)26-13-15-27(16-14-26)32(29,30)21-12-17-31-22(21)23(28)25-18-8-4-2-1-3-5-9-18/h6-7,10-12,17-18H,1-5,8-9,13-16H2,(H,25,28). The molecule has 1 aliphatic carbocycles. The number of rotatable bonds is 5. The highest BCUT2D eigenvalue weighted by molar-refractivity contribution is 7.89. The number of hydrogen-bond donors (Lipinski definition) is 1. The molecule has 1 aromatic carbocycles. The molecular formula is C23H30FN3O3S2. The van der Waals surface area contributed by atoms with Crippen molar-refractivity contribution in [3.05, 3.63) is 46.4 Å². The number of amides is 1. The number of para-hydroxylation sites is 1. The Kier molecular flexibility index (Phi) is 7.48. The van der Waals surface area contributed by atoms with Crippen LogP contribution in [0.3, 0.4) is 0 Å². The lowest BCUT2D eigenvalue weighted by molar-refractivity contribution is 0.0931. The van der Waals surface area contributed by atoms with E-state index in [0.717, 1.165) is 25.7 Å². The lowest BCUT2D eigenvalue weighted by Gasteiger charge is -2.35. The summed E-state index contributed by atoms with van der Waals surface area (Å²) in [7, 11) is -3.80. The number of thiophene rings is 1. The first kappa shape index (κ1) is 23.2. The second-order valence-corrected chi connectivity index (χ2v) is 11.3. The third kappa shape index (κ3) is 5.15. The summed E-state index contributed by atoms with van der Waals surface area (Å²) in [6.07, 6.45) is 7.68. The van der Waals surface area contributed by atoms with Crippen LogP contribution in [-0.2, 0) is 10.0 Å². The van der Waals surface area contributed by atoms with E-state index in [0.29, 0.717) is 18.8 Å². The molecule has 174 valence electrons. The molecule has 2 fully saturated rings. The van der Waals surface area contributed by atoms with Crippen LogP contribution in [0.2, 0.25) is 0 Å². The van der Waals surface area contributed by atoms with Gasteiger partial charge in [-0.05, 0) is 36.4 Å². The van der Waals surface area contributed by atoms with Gasteiger partial charge < -0.3 is 10.2 Å². The van der Waals surface area contributed by atoms with Gasteiger partial charge in [0, 0.05) is 32.2 Å². The number of piperazine rings is 1. The molecule has 0 bridgehead atoms. The van der Waals surface area contributed by atoms with Crippen molar-refractivity contribution in [3.8, 4) is 0 Å². The van der Waals surface area contributed by atoms with Crippen LogP contribution in [0.15, 0.2) is 40.6 Å². The predicted molar refractivity (Wildman–Crippen MR) is 125 cm³/mol. The van der Waals surface area contributed by atoms with Gasteiger partial charge in [0.1, 0.15) is 15.6 Å². The smallest absolute Gasteiger partial charge is 0.262 e. The van der Waals surface area contributed by atoms with Gasteiger partial charge in [0.2, 0.25) is 10.0 Å². The molecule has 0 spiro atoms. The molecule has 6 nitrogen and oxygen atoms in total. The van der Waals surface area contributed by atoms with Crippen LogP contribution in [0.4, 0.5) is 10.1 Å². The molecule has 1 aliphatic heterocycles. The van der Waals surface area contributed by atoms with Crippen molar-refractivity contribution in [1.29, 1.82) is 0 Å². The summed E-state index contributed by atoms with van der Waals surface area (Å²) in [5.74, 6) is -0.607. The van der Waals surface area contributed by atoms with Crippen molar-refractivity contribution in [3.63, 3.8) is 0 Å². The Morgan fingerprint density at radius 1 is 0.969 bits per heavy atom. The highest BCUT2D eigenvalue weighted by Crippen LogP contribution is 2.28. The lowest BCUT2D eigenvalue weighted by atomic mass is 9.97. The second kappa shape index (κ2) is 10.3. The van der Waals surface area contributed by atoms with Gasteiger partial charge >= 0.3 is 0 Å². The number of anilines is 1. The average Bonchev–Trinajstić information content (AvgIpc) is 3.27. The second-order valence-electron chi connectivity index (χ2n) is 8.47. The Morgan fingerprint density at radius 2 is 1.62 bits per heavy atom. The van der Waals surface area contributed by atoms with Crippen molar-refractivity contribution >= 4 is 33.0 Å². The normalized spacial score (nSPS) is 19.3. The summed E-state index contributed by atoms with van der Waals surface area (Å²) >= 11 is 1.17. The van der Waals surface area contributed by atoms with Crippen molar-refractivity contribution in [2.45, 2.75) is 55.9 Å². The van der Waals surface area contributed by atoms with Gasteiger partial charge in [-0.25, -0.2) is 12.8 Å². The molecule has 1 saturated carbocycles. The summed E-state index contributed by atoms with van der Waals surface area (Å²) < 4.78 is 42.2. The first-order valence-corrected chi connectivity index (χ1v) is 13.7. The average molecular weight is 480 g/mol. The fourth-order valence-electron chi connectivity index (χ4n) is 4.53. The number of nitrogens with one attached hydrogen (secondary N) is 1. The molecule has 1 saturated heterocycles. The number of carbonyl (C=O) groups is 1. The van der Waals surface area contributed by atoms with Gasteiger partial charge in [0.05, 0.1) is 5.69 Å². The third-order valence-corrected chi connectivity index (χ3v) is 9.31. The van der Waals surface area contributed by atoms with Crippen LogP contribution in [0, 0.1) is 5.82 Å². The van der Waals surface area contributed by atoms with E-state index in [9.17, 15) is 17.6 Å². The largest absolute Gasteiger partial charge is 0.367 e. The van der Waals surface area contributed by atoms with Crippen molar-refractivity contribution in [2.24, 2.45) is 0 Å². The molecule has 32 heavy (non-hydrogen) atoms. The van der Waals surface area contributed by atoms with Crippen LogP contribution in [0.25, 0.3) is 0 Å². The number of carbonyl (C=O) groups excluding carboxylic acids is 1. The maximum absolute atomic E-state index is 14.1. The first-order valence-electron chi connectivity index (χ1n) is 11.3. The zero-order valence-corrected chi connectivity index (χ0v) is 19.8. The summed E-state index contributed by atoms with van der Waals surface area (Å²) in [6.45, 7) is 1.29. The molecule has 0 unspecified atom stereocenters. The van der Waals surface area contributed by atoms with E-state index in [2.05, 4.69) is 5.32 Å². The van der Waals surface area contributed by atoms with Crippen molar-refractivity contribution in [1.82, 2.24) is 9.62 Å². The van der Waals surface area contributed by atoms with Gasteiger partial charge in [0.25, 0.3) is 5.91 Å². The summed E-state index contributed by atoms with van der Waals surface area (Å²) in [4.78, 5) is 15.1. The van der Waals surface area contributed by atoms with Crippen molar-refractivity contribution in [2.75, 3.05) is 31.1 Å². The van der Waals surface area contributed by atoms with E-state index >= 15 is 0 Å². The molecule has 0 atom stereocenters. The van der Waals surface area contributed by atoms with Crippen LogP contribution in [0.5, 0.6) is 0 Å². The maximum atomic E-state index is 14.1.